The maximum Gasteiger partial charge on any atom is 0.125 e. The molecule has 0 saturated carbocycles. The van der Waals surface area contributed by atoms with Crippen LogP contribution in [-0.2, 0) is 13.0 Å². The molecule has 1 saturated heterocycles. The normalized spacial score (nSPS) is 29.0. The zero-order chi connectivity index (χ0) is 11.7. The first-order valence-electron chi connectivity index (χ1n) is 6.88. The number of nitrogens with zero attached hydrogens (tertiary/aromatic N) is 2. The maximum absolute atomic E-state index is 6.09. The first-order valence-corrected chi connectivity index (χ1v) is 6.88. The summed E-state index contributed by atoms with van der Waals surface area (Å²) in [6.45, 7) is 2.26. The van der Waals surface area contributed by atoms with Gasteiger partial charge in [0.1, 0.15) is 5.82 Å². The van der Waals surface area contributed by atoms with Gasteiger partial charge in [0, 0.05) is 25.2 Å². The summed E-state index contributed by atoms with van der Waals surface area (Å²) in [6.07, 6.45) is 9.50. The molecule has 0 amide bonds. The largest absolute Gasteiger partial charge is 0.333 e. The van der Waals surface area contributed by atoms with E-state index in [0.717, 1.165) is 31.8 Å². The van der Waals surface area contributed by atoms with Crippen LogP contribution < -0.4 is 11.1 Å². The van der Waals surface area contributed by atoms with Gasteiger partial charge >= 0.3 is 0 Å². The van der Waals surface area contributed by atoms with Crippen LogP contribution in [0, 0.1) is 0 Å². The van der Waals surface area contributed by atoms with Gasteiger partial charge in [0.05, 0.1) is 11.7 Å². The minimum absolute atomic E-state index is 0.150. The summed E-state index contributed by atoms with van der Waals surface area (Å²) in [5.74, 6) is 1.10. The van der Waals surface area contributed by atoms with Crippen LogP contribution in [0.5, 0.6) is 0 Å². The lowest BCUT2D eigenvalue weighted by molar-refractivity contribution is 0.397. The van der Waals surface area contributed by atoms with Crippen LogP contribution in [0.4, 0.5) is 0 Å². The Bertz CT molecular complexity index is 379. The third-order valence-electron chi connectivity index (χ3n) is 3.97. The summed E-state index contributed by atoms with van der Waals surface area (Å²) >= 11 is 0. The van der Waals surface area contributed by atoms with Gasteiger partial charge in [-0.15, -0.1) is 0 Å². The number of piperidine rings is 1. The van der Waals surface area contributed by atoms with Gasteiger partial charge in [-0.25, -0.2) is 4.98 Å². The molecule has 0 aromatic carbocycles. The Morgan fingerprint density at radius 2 is 2.29 bits per heavy atom. The summed E-state index contributed by atoms with van der Waals surface area (Å²) in [5.41, 5.74) is 7.31. The molecule has 0 radical (unpaired) electrons. The molecule has 4 nitrogen and oxygen atoms in total. The average molecular weight is 234 g/mol. The second-order valence-corrected chi connectivity index (χ2v) is 5.38. The highest BCUT2D eigenvalue weighted by molar-refractivity contribution is 5.10. The minimum Gasteiger partial charge on any atom is -0.333 e. The lowest BCUT2D eigenvalue weighted by Crippen LogP contribution is -2.35. The van der Waals surface area contributed by atoms with Gasteiger partial charge in [-0.1, -0.05) is 6.42 Å². The molecule has 1 fully saturated rings. The van der Waals surface area contributed by atoms with Crippen molar-refractivity contribution in [2.24, 2.45) is 5.73 Å². The van der Waals surface area contributed by atoms with E-state index in [-0.39, 0.29) is 6.04 Å². The van der Waals surface area contributed by atoms with Gasteiger partial charge in [-0.3, -0.25) is 0 Å². The average Bonchev–Trinajstić information content (AvgIpc) is 2.74. The van der Waals surface area contributed by atoms with Crippen molar-refractivity contribution in [1.82, 2.24) is 14.9 Å². The molecule has 1 aromatic rings. The van der Waals surface area contributed by atoms with Crippen molar-refractivity contribution in [2.75, 3.05) is 6.54 Å². The van der Waals surface area contributed by atoms with Crippen LogP contribution in [0.1, 0.15) is 49.7 Å². The lowest BCUT2D eigenvalue weighted by Gasteiger charge is -2.22. The first kappa shape index (κ1) is 11.2. The number of nitrogens with two attached hydrogens (primary N) is 1. The second-order valence-electron chi connectivity index (χ2n) is 5.38. The molecule has 3 N–H and O–H groups in total. The number of aryl methyl sites for hydroxylation is 1. The van der Waals surface area contributed by atoms with Crippen molar-refractivity contribution in [1.29, 1.82) is 0 Å². The van der Waals surface area contributed by atoms with E-state index in [0.29, 0.717) is 6.04 Å². The summed E-state index contributed by atoms with van der Waals surface area (Å²) in [7, 11) is 0. The van der Waals surface area contributed by atoms with E-state index in [2.05, 4.69) is 16.1 Å². The predicted octanol–water partition coefficient (Wildman–Crippen LogP) is 1.36. The Labute approximate surface area is 103 Å². The summed E-state index contributed by atoms with van der Waals surface area (Å²) in [4.78, 5) is 4.72. The monoisotopic (exact) mass is 234 g/mol. The standard InChI is InChI=1S/C13H22N4/c14-12-5-3-7-17-9-11(16-13(12)17)8-10-4-1-2-6-15-10/h9-10,12,15H,1-8,14H2. The Morgan fingerprint density at radius 1 is 1.35 bits per heavy atom. The van der Waals surface area contributed by atoms with E-state index < -0.39 is 0 Å². The molecule has 0 spiro atoms. The van der Waals surface area contributed by atoms with Crippen molar-refractivity contribution in [3.8, 4) is 0 Å². The number of hydrogen-bond donors (Lipinski definition) is 2. The number of fused-ring (bicyclic) bond motifs is 1. The third-order valence-corrected chi connectivity index (χ3v) is 3.97. The molecule has 3 rings (SSSR count). The van der Waals surface area contributed by atoms with E-state index in [1.165, 1.54) is 31.4 Å². The molecule has 1 aromatic heterocycles. The van der Waals surface area contributed by atoms with Crippen LogP contribution in [0.3, 0.4) is 0 Å². The first-order chi connectivity index (χ1) is 8.33. The summed E-state index contributed by atoms with van der Waals surface area (Å²) in [5, 5.41) is 3.58. The van der Waals surface area contributed by atoms with Crippen LogP contribution in [0.2, 0.25) is 0 Å². The fourth-order valence-electron chi connectivity index (χ4n) is 3.02. The van der Waals surface area contributed by atoms with Gasteiger partial charge < -0.3 is 15.6 Å². The highest BCUT2D eigenvalue weighted by Gasteiger charge is 2.21. The van der Waals surface area contributed by atoms with Gasteiger partial charge in [0.25, 0.3) is 0 Å². The summed E-state index contributed by atoms with van der Waals surface area (Å²) < 4.78 is 2.26. The molecule has 3 heterocycles. The number of hydrogen-bond acceptors (Lipinski definition) is 3. The van der Waals surface area contributed by atoms with Crippen molar-refractivity contribution in [3.05, 3.63) is 17.7 Å². The van der Waals surface area contributed by atoms with Crippen molar-refractivity contribution in [3.63, 3.8) is 0 Å². The zero-order valence-corrected chi connectivity index (χ0v) is 10.4. The van der Waals surface area contributed by atoms with Crippen LogP contribution >= 0.6 is 0 Å². The van der Waals surface area contributed by atoms with E-state index in [9.17, 15) is 0 Å². The smallest absolute Gasteiger partial charge is 0.125 e. The fourth-order valence-corrected chi connectivity index (χ4v) is 3.02. The Kier molecular flexibility index (Phi) is 3.16. The maximum atomic E-state index is 6.09. The van der Waals surface area contributed by atoms with Gasteiger partial charge in [0.2, 0.25) is 0 Å². The second kappa shape index (κ2) is 4.78. The Morgan fingerprint density at radius 3 is 3.06 bits per heavy atom. The molecule has 94 valence electrons. The lowest BCUT2D eigenvalue weighted by atomic mass is 10.0. The van der Waals surface area contributed by atoms with Crippen LogP contribution in [0.15, 0.2) is 6.20 Å². The van der Waals surface area contributed by atoms with Crippen molar-refractivity contribution in [2.45, 2.75) is 57.2 Å². The molecule has 2 aliphatic heterocycles. The number of rotatable bonds is 2. The van der Waals surface area contributed by atoms with E-state index in [1.807, 2.05) is 0 Å². The SMILES string of the molecule is NC1CCCn2cc(CC3CCCCN3)nc21. The third kappa shape index (κ3) is 2.38. The molecule has 0 bridgehead atoms. The molecule has 2 atom stereocenters. The predicted molar refractivity (Wildman–Crippen MR) is 67.7 cm³/mol. The van der Waals surface area contributed by atoms with E-state index in [1.54, 1.807) is 0 Å². The molecule has 17 heavy (non-hydrogen) atoms. The molecule has 4 heteroatoms. The van der Waals surface area contributed by atoms with Gasteiger partial charge in [0.15, 0.2) is 0 Å². The molecule has 2 aliphatic rings. The van der Waals surface area contributed by atoms with E-state index >= 15 is 0 Å². The fraction of sp³-hybridized carbons (Fsp3) is 0.769. The molecular formula is C13H22N4. The number of aromatic nitrogens is 2. The van der Waals surface area contributed by atoms with E-state index in [4.69, 9.17) is 10.7 Å². The van der Waals surface area contributed by atoms with Gasteiger partial charge in [-0.2, -0.15) is 0 Å². The van der Waals surface area contributed by atoms with Gasteiger partial charge in [-0.05, 0) is 32.2 Å². The number of imidazole rings is 1. The minimum atomic E-state index is 0.150. The Balaban J connectivity index is 1.71. The van der Waals surface area contributed by atoms with Crippen LogP contribution in [-0.4, -0.2) is 22.1 Å². The van der Waals surface area contributed by atoms with Crippen molar-refractivity contribution < 1.29 is 0 Å². The zero-order valence-electron chi connectivity index (χ0n) is 10.4. The highest BCUT2D eigenvalue weighted by atomic mass is 15.1. The highest BCUT2D eigenvalue weighted by Crippen LogP contribution is 2.23. The summed E-state index contributed by atoms with van der Waals surface area (Å²) in [6, 6.07) is 0.772. The molecular weight excluding hydrogens is 212 g/mol. The molecule has 0 aliphatic carbocycles. The van der Waals surface area contributed by atoms with Crippen molar-refractivity contribution >= 4 is 0 Å². The van der Waals surface area contributed by atoms with Crippen LogP contribution in [0.25, 0.3) is 0 Å². The quantitative estimate of drug-likeness (QED) is 0.812. The topological polar surface area (TPSA) is 55.9 Å². The Hall–Kier alpha value is -0.870. The number of nitrogens with one attached hydrogen (secondary N) is 1. The molecule has 2 unspecified atom stereocenters.